The molecule has 0 amide bonds. The van der Waals surface area contributed by atoms with Crippen molar-refractivity contribution in [3.8, 4) is 0 Å². The molecule has 0 aromatic carbocycles. The summed E-state index contributed by atoms with van der Waals surface area (Å²) in [7, 11) is 0. The smallest absolute Gasteiger partial charge is 0.545 e. The number of carboxylic acids is 1. The minimum atomic E-state index is -1.14. The van der Waals surface area contributed by atoms with Crippen molar-refractivity contribution in [2.75, 3.05) is 0 Å². The van der Waals surface area contributed by atoms with Gasteiger partial charge in [-0.15, -0.1) is 0 Å². The first-order valence-electron chi connectivity index (χ1n) is 2.19. The van der Waals surface area contributed by atoms with Crippen molar-refractivity contribution in [1.29, 1.82) is 0 Å². The highest BCUT2D eigenvalue weighted by Crippen LogP contribution is 1.95. The highest BCUT2D eigenvalue weighted by atomic mass is 16.4. The van der Waals surface area contributed by atoms with Crippen LogP contribution < -0.4 is 0 Å². The number of carboxylic acid groups (broad SMARTS) is 1. The predicted molar refractivity (Wildman–Crippen MR) is 30.0 cm³/mol. The van der Waals surface area contributed by atoms with Crippen LogP contribution in [0.5, 0.6) is 0 Å². The lowest BCUT2D eigenvalue weighted by Crippen LogP contribution is -2.04. The van der Waals surface area contributed by atoms with E-state index in [4.69, 9.17) is 10.2 Å². The summed E-state index contributed by atoms with van der Waals surface area (Å²) >= 11 is 0. The van der Waals surface area contributed by atoms with Crippen LogP contribution in [0.1, 0.15) is 6.42 Å². The summed E-state index contributed by atoms with van der Waals surface area (Å²) < 4.78 is 0. The number of rotatable bonds is 3. The van der Waals surface area contributed by atoms with Crippen LogP contribution in [0, 0.1) is 0 Å². The molecule has 4 nitrogen and oxygen atoms in total. The average Bonchev–Trinajstić information content (AvgIpc) is 1.63. The minimum Gasteiger partial charge on any atom is -0.561 e. The monoisotopic (exact) mass is 131 g/mol. The third-order valence-corrected chi connectivity index (χ3v) is 0.686. The largest absolute Gasteiger partial charge is 0.561 e. The van der Waals surface area contributed by atoms with Gasteiger partial charge < -0.3 is 10.2 Å². The van der Waals surface area contributed by atoms with E-state index in [0.29, 0.717) is 0 Å². The van der Waals surface area contributed by atoms with Crippen LogP contribution in [0.25, 0.3) is 0 Å². The fraction of sp³-hybridized carbons (Fsp3) is 0.200. The van der Waals surface area contributed by atoms with Crippen molar-refractivity contribution in [2.45, 2.75) is 6.42 Å². The Morgan fingerprint density at radius 1 is 1.56 bits per heavy atom. The molecule has 0 aliphatic rings. The first-order chi connectivity index (χ1) is 4.04. The van der Waals surface area contributed by atoms with Gasteiger partial charge in [-0.2, -0.15) is 0 Å². The molecule has 0 aromatic rings. The van der Waals surface area contributed by atoms with Gasteiger partial charge in [0.2, 0.25) is 0 Å². The normalized spacial score (nSPS) is 8.44. The van der Waals surface area contributed by atoms with Gasteiger partial charge in [-0.3, -0.25) is 4.79 Å². The highest BCUT2D eigenvalue weighted by molar-refractivity contribution is 5.91. The molecule has 0 aromatic heterocycles. The van der Waals surface area contributed by atoms with Crippen LogP contribution in [0.2, 0.25) is 0 Å². The van der Waals surface area contributed by atoms with Crippen molar-refractivity contribution < 1.29 is 19.8 Å². The lowest BCUT2D eigenvalue weighted by atomic mass is 10.2. The zero-order valence-corrected chi connectivity index (χ0v) is 4.68. The van der Waals surface area contributed by atoms with Crippen LogP contribution >= 0.6 is 0 Å². The SMILES string of the molecule is C=C(CC(=O)O)C(=O)[OH2+]. The van der Waals surface area contributed by atoms with Crippen LogP contribution in [-0.2, 0) is 9.59 Å². The molecule has 0 heterocycles. The van der Waals surface area contributed by atoms with Crippen LogP contribution in [0.3, 0.4) is 0 Å². The maximum atomic E-state index is 9.98. The van der Waals surface area contributed by atoms with Crippen molar-refractivity contribution in [3.63, 3.8) is 0 Å². The molecule has 9 heavy (non-hydrogen) atoms. The molecule has 0 bridgehead atoms. The second-order valence-electron chi connectivity index (χ2n) is 1.50. The Balaban J connectivity index is 3.79. The molecule has 0 unspecified atom stereocenters. The number of carbonyl (C=O) groups is 2. The summed E-state index contributed by atoms with van der Waals surface area (Å²) in [4.78, 5) is 19.8. The number of hydrogen-bond donors (Lipinski definition) is 1. The van der Waals surface area contributed by atoms with Gasteiger partial charge in [-0.05, 0) is 0 Å². The van der Waals surface area contributed by atoms with Crippen LogP contribution in [0.15, 0.2) is 12.2 Å². The molecule has 0 saturated carbocycles. The summed E-state index contributed by atoms with van der Waals surface area (Å²) in [5, 5.41) is 14.4. The minimum absolute atomic E-state index is 0.192. The highest BCUT2D eigenvalue weighted by Gasteiger charge is 2.14. The first-order valence-corrected chi connectivity index (χ1v) is 2.19. The quantitative estimate of drug-likeness (QED) is 0.405. The number of hydrogen-bond acceptors (Lipinski definition) is 2. The third kappa shape index (κ3) is 3.28. The third-order valence-electron chi connectivity index (χ3n) is 0.686. The van der Waals surface area contributed by atoms with E-state index in [0.717, 1.165) is 0 Å². The van der Waals surface area contributed by atoms with E-state index in [-0.39, 0.29) is 5.57 Å². The lowest BCUT2D eigenvalue weighted by molar-refractivity contribution is -0.139. The Labute approximate surface area is 51.4 Å². The van der Waals surface area contributed by atoms with Crippen molar-refractivity contribution >= 4 is 11.9 Å². The number of carbonyl (C=O) groups excluding carboxylic acids is 1. The van der Waals surface area contributed by atoms with Gasteiger partial charge in [0.05, 0.1) is 6.42 Å². The molecule has 0 aliphatic carbocycles. The lowest BCUT2D eigenvalue weighted by Gasteiger charge is -1.86. The molecule has 50 valence electrons. The van der Waals surface area contributed by atoms with Crippen molar-refractivity contribution in [3.05, 3.63) is 12.2 Å². The van der Waals surface area contributed by atoms with Gasteiger partial charge in [0.1, 0.15) is 5.57 Å². The van der Waals surface area contributed by atoms with E-state index < -0.39 is 18.4 Å². The molecule has 0 saturated heterocycles. The van der Waals surface area contributed by atoms with E-state index in [1.165, 1.54) is 0 Å². The van der Waals surface area contributed by atoms with E-state index in [2.05, 4.69) is 6.58 Å². The maximum absolute atomic E-state index is 9.98. The Morgan fingerprint density at radius 3 is 2.11 bits per heavy atom. The average molecular weight is 131 g/mol. The standard InChI is InChI=1S/C5H6O4/c1-3(5(8)9)2-4(6)7/h1-2H2,(H,6,7)(H,8,9)/p+1. The van der Waals surface area contributed by atoms with Gasteiger partial charge >= 0.3 is 11.9 Å². The molecule has 0 spiro atoms. The van der Waals surface area contributed by atoms with E-state index in [1.807, 2.05) is 0 Å². The molecule has 0 aliphatic heterocycles. The van der Waals surface area contributed by atoms with E-state index in [1.54, 1.807) is 0 Å². The van der Waals surface area contributed by atoms with Gasteiger partial charge in [0.15, 0.2) is 0 Å². The van der Waals surface area contributed by atoms with Gasteiger partial charge in [0, 0.05) is 4.79 Å². The molecule has 3 N–H and O–H groups in total. The molecule has 0 atom stereocenters. The van der Waals surface area contributed by atoms with Gasteiger partial charge in [-0.25, -0.2) is 0 Å². The zero-order valence-electron chi connectivity index (χ0n) is 4.68. The second kappa shape index (κ2) is 2.86. The molecule has 0 radical (unpaired) electrons. The van der Waals surface area contributed by atoms with E-state index >= 15 is 0 Å². The van der Waals surface area contributed by atoms with Gasteiger partial charge in [-0.1, -0.05) is 6.58 Å². The molecular formula is C5H7O4+. The topological polar surface area (TPSA) is 77.3 Å². The second-order valence-corrected chi connectivity index (χ2v) is 1.50. The fourth-order valence-corrected chi connectivity index (χ4v) is 0.263. The predicted octanol–water partition coefficient (Wildman–Crippen LogP) is -0.732. The Hall–Kier alpha value is -1.32. The zero-order chi connectivity index (χ0) is 7.44. The first kappa shape index (κ1) is 7.68. The van der Waals surface area contributed by atoms with Crippen LogP contribution in [0.4, 0.5) is 0 Å². The summed E-state index contributed by atoms with van der Waals surface area (Å²) in [6, 6.07) is 0. The molecule has 4 heteroatoms. The van der Waals surface area contributed by atoms with Crippen LogP contribution in [-0.4, -0.2) is 22.2 Å². The summed E-state index contributed by atoms with van der Waals surface area (Å²) in [5.74, 6) is -2.15. The van der Waals surface area contributed by atoms with Crippen molar-refractivity contribution in [1.82, 2.24) is 0 Å². The molecule has 0 rings (SSSR count). The number of aliphatic carboxylic acids is 1. The summed E-state index contributed by atoms with van der Waals surface area (Å²) in [6.45, 7) is 3.08. The molecular weight excluding hydrogens is 124 g/mol. The van der Waals surface area contributed by atoms with Crippen molar-refractivity contribution in [2.24, 2.45) is 0 Å². The summed E-state index contributed by atoms with van der Waals surface area (Å²) in [5.41, 5.74) is -0.192. The van der Waals surface area contributed by atoms with Gasteiger partial charge in [0.25, 0.3) is 0 Å². The Morgan fingerprint density at radius 2 is 2.00 bits per heavy atom. The fourth-order valence-electron chi connectivity index (χ4n) is 0.263. The Kier molecular flexibility index (Phi) is 2.44. The summed E-state index contributed by atoms with van der Waals surface area (Å²) in [6.07, 6.45) is -0.442. The maximum Gasteiger partial charge on any atom is 0.545 e. The van der Waals surface area contributed by atoms with E-state index in [9.17, 15) is 9.59 Å². The Bertz CT molecular complexity index is 158. The molecule has 0 fully saturated rings.